The van der Waals surface area contributed by atoms with Gasteiger partial charge in [0.15, 0.2) is 5.82 Å². The van der Waals surface area contributed by atoms with Crippen LogP contribution in [0.1, 0.15) is 11.1 Å². The lowest BCUT2D eigenvalue weighted by Crippen LogP contribution is -2.40. The van der Waals surface area contributed by atoms with E-state index in [4.69, 9.17) is 4.74 Å². The van der Waals surface area contributed by atoms with Crippen LogP contribution in [0.2, 0.25) is 0 Å². The molecule has 2 aromatic carbocycles. The number of ether oxygens (including phenoxy) is 1. The summed E-state index contributed by atoms with van der Waals surface area (Å²) in [5, 5.41) is 11.8. The molecule has 8 heteroatoms. The molecule has 4 rings (SSSR count). The SMILES string of the molecule is Cc1cccc(Nc2ccc(-c3ccc(C)c(S(=O)(=O)N4CCOCC4)c3)nn2)c1. The van der Waals surface area contributed by atoms with Crippen LogP contribution in [0.25, 0.3) is 11.3 Å². The molecule has 1 aromatic heterocycles. The predicted octanol–water partition coefficient (Wildman–Crippen LogP) is 3.52. The van der Waals surface area contributed by atoms with Crippen molar-refractivity contribution in [2.75, 3.05) is 31.6 Å². The lowest BCUT2D eigenvalue weighted by atomic mass is 10.1. The molecule has 2 heterocycles. The van der Waals surface area contributed by atoms with Crippen LogP contribution in [0.3, 0.4) is 0 Å². The Hall–Kier alpha value is -2.81. The number of aromatic nitrogens is 2. The maximum atomic E-state index is 13.1. The van der Waals surface area contributed by atoms with E-state index < -0.39 is 10.0 Å². The first-order valence-electron chi connectivity index (χ1n) is 9.80. The van der Waals surface area contributed by atoms with Gasteiger partial charge in [0.05, 0.1) is 23.8 Å². The fraction of sp³-hybridized carbons (Fsp3) is 0.273. The van der Waals surface area contributed by atoms with E-state index in [9.17, 15) is 8.42 Å². The van der Waals surface area contributed by atoms with Gasteiger partial charge >= 0.3 is 0 Å². The molecule has 1 N–H and O–H groups in total. The molecule has 1 aliphatic rings. The van der Waals surface area contributed by atoms with Crippen molar-refractivity contribution in [2.24, 2.45) is 0 Å². The van der Waals surface area contributed by atoms with E-state index >= 15 is 0 Å². The van der Waals surface area contributed by atoms with Crippen molar-refractivity contribution in [1.82, 2.24) is 14.5 Å². The van der Waals surface area contributed by atoms with Gasteiger partial charge in [0, 0.05) is 24.3 Å². The van der Waals surface area contributed by atoms with Crippen molar-refractivity contribution in [1.29, 1.82) is 0 Å². The Kier molecular flexibility index (Phi) is 5.80. The van der Waals surface area contributed by atoms with Crippen molar-refractivity contribution in [3.05, 3.63) is 65.7 Å². The molecule has 1 saturated heterocycles. The van der Waals surface area contributed by atoms with Gasteiger partial charge in [-0.3, -0.25) is 0 Å². The van der Waals surface area contributed by atoms with Crippen LogP contribution in [0.4, 0.5) is 11.5 Å². The summed E-state index contributed by atoms with van der Waals surface area (Å²) in [5.41, 5.74) is 4.12. The summed E-state index contributed by atoms with van der Waals surface area (Å²) < 4.78 is 33.0. The second kappa shape index (κ2) is 8.51. The molecule has 1 fully saturated rings. The van der Waals surface area contributed by atoms with Crippen molar-refractivity contribution < 1.29 is 13.2 Å². The van der Waals surface area contributed by atoms with Gasteiger partial charge < -0.3 is 10.1 Å². The zero-order valence-electron chi connectivity index (χ0n) is 17.0. The second-order valence-corrected chi connectivity index (χ2v) is 9.20. The van der Waals surface area contributed by atoms with Crippen LogP contribution in [0.5, 0.6) is 0 Å². The van der Waals surface area contributed by atoms with Crippen LogP contribution < -0.4 is 5.32 Å². The third kappa shape index (κ3) is 4.35. The Morgan fingerprint density at radius 1 is 0.967 bits per heavy atom. The summed E-state index contributed by atoms with van der Waals surface area (Å²) in [4.78, 5) is 0.297. The van der Waals surface area contributed by atoms with Crippen LogP contribution in [0.15, 0.2) is 59.5 Å². The molecule has 30 heavy (non-hydrogen) atoms. The third-order valence-electron chi connectivity index (χ3n) is 5.03. The van der Waals surface area contributed by atoms with Crippen molar-refractivity contribution >= 4 is 21.5 Å². The number of aryl methyl sites for hydroxylation is 2. The first kappa shape index (κ1) is 20.5. The fourth-order valence-corrected chi connectivity index (χ4v) is 5.05. The van der Waals surface area contributed by atoms with Gasteiger partial charge in [-0.2, -0.15) is 4.31 Å². The maximum Gasteiger partial charge on any atom is 0.243 e. The summed E-state index contributed by atoms with van der Waals surface area (Å²) >= 11 is 0. The number of benzene rings is 2. The molecule has 0 atom stereocenters. The van der Waals surface area contributed by atoms with Gasteiger partial charge in [-0.05, 0) is 55.3 Å². The molecule has 0 saturated carbocycles. The molecule has 0 spiro atoms. The average Bonchev–Trinajstić information content (AvgIpc) is 2.75. The Labute approximate surface area is 176 Å². The number of rotatable bonds is 5. The minimum atomic E-state index is -3.58. The summed E-state index contributed by atoms with van der Waals surface area (Å²) in [7, 11) is -3.58. The summed E-state index contributed by atoms with van der Waals surface area (Å²) in [6, 6.07) is 17.0. The molecule has 0 bridgehead atoms. The number of morpholine rings is 1. The summed E-state index contributed by atoms with van der Waals surface area (Å²) in [6.45, 7) is 5.39. The standard InChI is InChI=1S/C22H24N4O3S/c1-16-4-3-5-19(14-16)23-22-9-8-20(24-25-22)18-7-6-17(2)21(15-18)30(27,28)26-10-12-29-13-11-26/h3-9,14-15H,10-13H2,1-2H3,(H,23,25). The van der Waals surface area contributed by atoms with Crippen molar-refractivity contribution in [3.63, 3.8) is 0 Å². The summed E-state index contributed by atoms with van der Waals surface area (Å²) in [5.74, 6) is 0.623. The highest BCUT2D eigenvalue weighted by molar-refractivity contribution is 7.89. The van der Waals surface area contributed by atoms with E-state index in [1.165, 1.54) is 4.31 Å². The molecule has 0 radical (unpaired) electrons. The highest BCUT2D eigenvalue weighted by Gasteiger charge is 2.28. The average molecular weight is 425 g/mol. The molecule has 3 aromatic rings. The zero-order valence-corrected chi connectivity index (χ0v) is 17.8. The number of hydrogen-bond acceptors (Lipinski definition) is 6. The number of hydrogen-bond donors (Lipinski definition) is 1. The van der Waals surface area contributed by atoms with Crippen LogP contribution in [-0.4, -0.2) is 49.2 Å². The Bertz CT molecular complexity index is 1140. The molecular weight excluding hydrogens is 400 g/mol. The minimum absolute atomic E-state index is 0.297. The quantitative estimate of drug-likeness (QED) is 0.675. The highest BCUT2D eigenvalue weighted by atomic mass is 32.2. The smallest absolute Gasteiger partial charge is 0.243 e. The Balaban J connectivity index is 1.59. The predicted molar refractivity (Wildman–Crippen MR) is 116 cm³/mol. The van der Waals surface area contributed by atoms with E-state index in [-0.39, 0.29) is 0 Å². The first-order chi connectivity index (χ1) is 14.4. The van der Waals surface area contributed by atoms with Crippen LogP contribution in [-0.2, 0) is 14.8 Å². The van der Waals surface area contributed by atoms with Crippen molar-refractivity contribution in [3.8, 4) is 11.3 Å². The monoisotopic (exact) mass is 424 g/mol. The lowest BCUT2D eigenvalue weighted by molar-refractivity contribution is 0.0730. The second-order valence-electron chi connectivity index (χ2n) is 7.30. The fourth-order valence-electron chi connectivity index (χ4n) is 3.39. The van der Waals surface area contributed by atoms with Gasteiger partial charge in [-0.25, -0.2) is 8.42 Å². The number of sulfonamides is 1. The van der Waals surface area contributed by atoms with Gasteiger partial charge in [-0.15, -0.1) is 10.2 Å². The van der Waals surface area contributed by atoms with Crippen LogP contribution >= 0.6 is 0 Å². The number of anilines is 2. The Morgan fingerprint density at radius 3 is 2.47 bits per heavy atom. The zero-order chi connectivity index (χ0) is 21.1. The molecule has 7 nitrogen and oxygen atoms in total. The number of nitrogens with one attached hydrogen (secondary N) is 1. The molecule has 0 aliphatic carbocycles. The van der Waals surface area contributed by atoms with E-state index in [1.54, 1.807) is 13.0 Å². The van der Waals surface area contributed by atoms with Crippen molar-refractivity contribution in [2.45, 2.75) is 18.7 Å². The van der Waals surface area contributed by atoms with E-state index in [0.717, 1.165) is 11.3 Å². The molecule has 156 valence electrons. The molecule has 1 aliphatic heterocycles. The minimum Gasteiger partial charge on any atom is -0.379 e. The topological polar surface area (TPSA) is 84.4 Å². The third-order valence-corrected chi connectivity index (χ3v) is 7.07. The van der Waals surface area contributed by atoms with E-state index in [1.807, 2.05) is 55.5 Å². The van der Waals surface area contributed by atoms with Gasteiger partial charge in [0.2, 0.25) is 10.0 Å². The molecule has 0 unspecified atom stereocenters. The first-order valence-corrected chi connectivity index (χ1v) is 11.2. The highest BCUT2D eigenvalue weighted by Crippen LogP contribution is 2.27. The summed E-state index contributed by atoms with van der Waals surface area (Å²) in [6.07, 6.45) is 0. The van der Waals surface area contributed by atoms with Crippen LogP contribution in [0, 0.1) is 13.8 Å². The molecule has 0 amide bonds. The maximum absolute atomic E-state index is 13.1. The van der Waals surface area contributed by atoms with Gasteiger partial charge in [0.1, 0.15) is 0 Å². The number of nitrogens with zero attached hydrogens (tertiary/aromatic N) is 3. The lowest BCUT2D eigenvalue weighted by Gasteiger charge is -2.26. The normalized spacial score (nSPS) is 15.1. The van der Waals surface area contributed by atoms with E-state index in [2.05, 4.69) is 15.5 Å². The van der Waals surface area contributed by atoms with E-state index in [0.29, 0.717) is 53.8 Å². The molecular formula is C22H24N4O3S. The van der Waals surface area contributed by atoms with Gasteiger partial charge in [-0.1, -0.05) is 24.3 Å². The van der Waals surface area contributed by atoms with Gasteiger partial charge in [0.25, 0.3) is 0 Å². The Morgan fingerprint density at radius 2 is 1.77 bits per heavy atom. The largest absolute Gasteiger partial charge is 0.379 e.